The van der Waals surface area contributed by atoms with Gasteiger partial charge in [0.25, 0.3) is 0 Å². The lowest BCUT2D eigenvalue weighted by atomic mass is 10.2. The molecule has 4 heteroatoms. The van der Waals surface area contributed by atoms with Crippen molar-refractivity contribution in [1.82, 2.24) is 0 Å². The topological polar surface area (TPSA) is 51.2 Å². The molecule has 0 N–H and O–H groups in total. The third-order valence-corrected chi connectivity index (χ3v) is 2.95. The van der Waals surface area contributed by atoms with Gasteiger partial charge in [0.1, 0.15) is 0 Å². The monoisotopic (exact) mass is 252 g/mol. The van der Waals surface area contributed by atoms with Crippen LogP contribution in [-0.4, -0.2) is 20.5 Å². The molecule has 0 unspecified atom stereocenters. The van der Waals surface area contributed by atoms with Crippen molar-refractivity contribution >= 4 is 15.6 Å². The van der Waals surface area contributed by atoms with Crippen molar-refractivity contribution in [2.75, 3.05) is 6.26 Å². The fourth-order valence-electron chi connectivity index (χ4n) is 0.946. The predicted octanol–water partition coefficient (Wildman–Crippen LogP) is 2.65. The third-order valence-electron chi connectivity index (χ3n) is 1.84. The van der Waals surface area contributed by atoms with E-state index >= 15 is 0 Å². The third kappa shape index (κ3) is 5.82. The molecule has 0 saturated carbocycles. The van der Waals surface area contributed by atoms with Crippen molar-refractivity contribution in [3.63, 3.8) is 0 Å². The van der Waals surface area contributed by atoms with Crippen LogP contribution in [0.1, 0.15) is 17.3 Å². The van der Waals surface area contributed by atoms with Crippen LogP contribution in [0.15, 0.2) is 54.5 Å². The number of ketones is 1. The molecule has 0 aliphatic heterocycles. The number of hydrogen-bond donors (Lipinski definition) is 0. The molecule has 0 fully saturated rings. The maximum atomic E-state index is 11.1. The minimum atomic E-state index is -3.21. The molecule has 0 aliphatic rings. The van der Waals surface area contributed by atoms with Crippen LogP contribution in [0.25, 0.3) is 0 Å². The Labute approximate surface area is 102 Å². The first-order valence-corrected chi connectivity index (χ1v) is 6.76. The summed E-state index contributed by atoms with van der Waals surface area (Å²) in [7, 11) is -3.21. The summed E-state index contributed by atoms with van der Waals surface area (Å²) in [6, 6.07) is 6.02. The van der Waals surface area contributed by atoms with Crippen LogP contribution in [0.4, 0.5) is 0 Å². The molecule has 92 valence electrons. The molecular formula is C13H16O3S. The van der Waals surface area contributed by atoms with E-state index in [1.807, 2.05) is 0 Å². The van der Waals surface area contributed by atoms with Crippen LogP contribution in [0.5, 0.6) is 0 Å². The lowest BCUT2D eigenvalue weighted by Crippen LogP contribution is -1.99. The molecule has 1 aromatic carbocycles. The van der Waals surface area contributed by atoms with Gasteiger partial charge in [0.15, 0.2) is 15.6 Å². The zero-order chi connectivity index (χ0) is 13.5. The predicted molar refractivity (Wildman–Crippen MR) is 70.0 cm³/mol. The first kappa shape index (κ1) is 15.3. The van der Waals surface area contributed by atoms with E-state index in [9.17, 15) is 13.2 Å². The number of rotatable bonds is 3. The van der Waals surface area contributed by atoms with E-state index in [2.05, 4.69) is 13.2 Å². The van der Waals surface area contributed by atoms with Crippen molar-refractivity contribution in [3.05, 3.63) is 55.1 Å². The summed E-state index contributed by atoms with van der Waals surface area (Å²) in [4.78, 5) is 11.1. The highest BCUT2D eigenvalue weighted by atomic mass is 32.2. The Hall–Kier alpha value is -1.68. The number of allylic oxidation sites excluding steroid dienone is 2. The summed E-state index contributed by atoms with van der Waals surface area (Å²) < 4.78 is 22.2. The second-order valence-corrected chi connectivity index (χ2v) is 5.34. The quantitative estimate of drug-likeness (QED) is 0.614. The van der Waals surface area contributed by atoms with Gasteiger partial charge in [0, 0.05) is 11.8 Å². The fraction of sp³-hybridized carbons (Fsp3) is 0.154. The van der Waals surface area contributed by atoms with Gasteiger partial charge in [-0.05, 0) is 19.1 Å². The Kier molecular flexibility index (Phi) is 6.13. The van der Waals surface area contributed by atoms with E-state index in [1.54, 1.807) is 24.3 Å². The van der Waals surface area contributed by atoms with Gasteiger partial charge in [0.2, 0.25) is 0 Å². The maximum absolute atomic E-state index is 11.1. The van der Waals surface area contributed by atoms with Crippen molar-refractivity contribution < 1.29 is 13.2 Å². The molecule has 3 nitrogen and oxygen atoms in total. The minimum Gasteiger partial charge on any atom is -0.295 e. The Balaban J connectivity index is 0.000000557. The van der Waals surface area contributed by atoms with Gasteiger partial charge >= 0.3 is 0 Å². The van der Waals surface area contributed by atoms with Crippen LogP contribution in [-0.2, 0) is 9.84 Å². The van der Waals surface area contributed by atoms with Crippen molar-refractivity contribution in [3.8, 4) is 0 Å². The summed E-state index contributed by atoms with van der Waals surface area (Å²) in [5, 5.41) is 0. The fourth-order valence-corrected chi connectivity index (χ4v) is 1.61. The van der Waals surface area contributed by atoms with Crippen LogP contribution in [0.2, 0.25) is 0 Å². The van der Waals surface area contributed by atoms with E-state index in [0.29, 0.717) is 5.56 Å². The number of benzene rings is 1. The number of Topliss-reactive ketones (excluding diaryl/α,β-unsaturated/α-hetero) is 1. The molecular weight excluding hydrogens is 236 g/mol. The van der Waals surface area contributed by atoms with Crippen LogP contribution in [0, 0.1) is 0 Å². The van der Waals surface area contributed by atoms with Crippen molar-refractivity contribution in [2.24, 2.45) is 0 Å². The smallest absolute Gasteiger partial charge is 0.175 e. The lowest BCUT2D eigenvalue weighted by molar-refractivity contribution is 0.101. The van der Waals surface area contributed by atoms with E-state index in [4.69, 9.17) is 0 Å². The van der Waals surface area contributed by atoms with Gasteiger partial charge < -0.3 is 0 Å². The molecule has 1 rings (SSSR count). The molecule has 0 aliphatic carbocycles. The molecule has 1 aromatic rings. The number of hydrogen-bond acceptors (Lipinski definition) is 3. The normalized spacial score (nSPS) is 9.76. The average Bonchev–Trinajstić information content (AvgIpc) is 2.28. The molecule has 0 bridgehead atoms. The molecule has 0 radical (unpaired) electrons. The summed E-state index contributed by atoms with van der Waals surface area (Å²) in [6.07, 6.45) is 4.40. The molecule has 0 saturated heterocycles. The first-order chi connectivity index (χ1) is 7.82. The van der Waals surface area contributed by atoms with Crippen molar-refractivity contribution in [1.29, 1.82) is 0 Å². The van der Waals surface area contributed by atoms with Gasteiger partial charge in [-0.25, -0.2) is 8.42 Å². The zero-order valence-electron chi connectivity index (χ0n) is 10.0. The highest BCUT2D eigenvalue weighted by Gasteiger charge is 2.08. The standard InChI is InChI=1S/C9H10O3S.C4H6/c1-7(10)8-4-3-5-9(6-8)13(2,11)12;1-3-4-2/h3-6H,1-2H3;3-4H,1-2H2. The van der Waals surface area contributed by atoms with Crippen LogP contribution in [0.3, 0.4) is 0 Å². The molecule has 0 heterocycles. The summed E-state index contributed by atoms with van der Waals surface area (Å²) in [6.45, 7) is 8.13. The Morgan fingerprint density at radius 3 is 2.12 bits per heavy atom. The second kappa shape index (κ2) is 6.81. The molecule has 0 spiro atoms. The summed E-state index contributed by atoms with van der Waals surface area (Å²) in [5.41, 5.74) is 0.419. The van der Waals surface area contributed by atoms with Crippen LogP contribution < -0.4 is 0 Å². The molecule has 0 atom stereocenters. The van der Waals surface area contributed by atoms with Gasteiger partial charge in [0.05, 0.1) is 4.90 Å². The minimum absolute atomic E-state index is 0.134. The van der Waals surface area contributed by atoms with E-state index in [-0.39, 0.29) is 10.7 Å². The average molecular weight is 252 g/mol. The second-order valence-electron chi connectivity index (χ2n) is 3.33. The summed E-state index contributed by atoms with van der Waals surface area (Å²) >= 11 is 0. The van der Waals surface area contributed by atoms with Gasteiger partial charge in [-0.3, -0.25) is 4.79 Å². The summed E-state index contributed by atoms with van der Waals surface area (Å²) in [5.74, 6) is -0.134. The first-order valence-electron chi connectivity index (χ1n) is 4.87. The van der Waals surface area contributed by atoms with E-state index in [1.165, 1.54) is 19.1 Å². The van der Waals surface area contributed by atoms with E-state index < -0.39 is 9.84 Å². The Bertz CT molecular complexity index is 507. The van der Waals surface area contributed by atoms with Gasteiger partial charge in [-0.2, -0.15) is 0 Å². The molecule has 0 aromatic heterocycles. The van der Waals surface area contributed by atoms with Crippen LogP contribution >= 0.6 is 0 Å². The Morgan fingerprint density at radius 2 is 1.76 bits per heavy atom. The number of sulfone groups is 1. The molecule has 0 amide bonds. The lowest BCUT2D eigenvalue weighted by Gasteiger charge is -1.99. The SMILES string of the molecule is C=CC=C.CC(=O)c1cccc(S(C)(=O)=O)c1. The van der Waals surface area contributed by atoms with Gasteiger partial charge in [-0.1, -0.05) is 37.4 Å². The number of carbonyl (C=O) groups excluding carboxylic acids is 1. The zero-order valence-corrected chi connectivity index (χ0v) is 10.8. The highest BCUT2D eigenvalue weighted by Crippen LogP contribution is 2.11. The Morgan fingerprint density at radius 1 is 1.24 bits per heavy atom. The van der Waals surface area contributed by atoms with E-state index in [0.717, 1.165) is 6.26 Å². The maximum Gasteiger partial charge on any atom is 0.175 e. The largest absolute Gasteiger partial charge is 0.295 e. The molecule has 17 heavy (non-hydrogen) atoms. The highest BCUT2D eigenvalue weighted by molar-refractivity contribution is 7.90. The number of carbonyl (C=O) groups is 1. The van der Waals surface area contributed by atoms with Crippen molar-refractivity contribution in [2.45, 2.75) is 11.8 Å². The van der Waals surface area contributed by atoms with Gasteiger partial charge in [-0.15, -0.1) is 0 Å².